The normalized spacial score (nSPS) is 11.5. The number of hydrogen-bond acceptors (Lipinski definition) is 4. The van der Waals surface area contributed by atoms with E-state index in [1.807, 2.05) is 0 Å². The average Bonchev–Trinajstić information content (AvgIpc) is 2.72. The quantitative estimate of drug-likeness (QED) is 0.294. The number of halogens is 4. The number of benzene rings is 3. The number of phenols is 2. The summed E-state index contributed by atoms with van der Waals surface area (Å²) in [7, 11) is 0. The Morgan fingerprint density at radius 1 is 1.00 bits per heavy atom. The van der Waals surface area contributed by atoms with Crippen molar-refractivity contribution in [2.24, 2.45) is 0 Å². The number of hydrogen-bond donors (Lipinski definition) is 2. The fourth-order valence-corrected chi connectivity index (χ4v) is 3.42. The highest BCUT2D eigenvalue weighted by molar-refractivity contribution is 5.90. The van der Waals surface area contributed by atoms with Crippen LogP contribution >= 0.6 is 0 Å². The molecule has 0 unspecified atom stereocenters. The molecule has 0 saturated carbocycles. The summed E-state index contributed by atoms with van der Waals surface area (Å²) in [6.07, 6.45) is -4.26. The Bertz CT molecular complexity index is 1120. The molecule has 3 aromatic rings. The van der Waals surface area contributed by atoms with Crippen LogP contribution in [0.5, 0.6) is 11.5 Å². The number of aldehydes is 1. The SMILES string of the molecule is Cc1c(O)c(O)c(C=O)c(COCc2ccccc2C(F)(F)F)c1-c1cccc(F)c1. The first kappa shape index (κ1) is 22.3. The van der Waals surface area contributed by atoms with Crippen LogP contribution in [0.3, 0.4) is 0 Å². The molecule has 8 heteroatoms. The van der Waals surface area contributed by atoms with Gasteiger partial charge in [-0.05, 0) is 41.8 Å². The smallest absolute Gasteiger partial charge is 0.416 e. The van der Waals surface area contributed by atoms with Gasteiger partial charge in [-0.25, -0.2) is 4.39 Å². The Hall–Kier alpha value is -3.39. The summed E-state index contributed by atoms with van der Waals surface area (Å²) in [5.74, 6) is -1.79. The van der Waals surface area contributed by atoms with Crippen molar-refractivity contribution >= 4 is 6.29 Å². The maximum Gasteiger partial charge on any atom is 0.416 e. The van der Waals surface area contributed by atoms with Crippen molar-refractivity contribution in [1.29, 1.82) is 0 Å². The lowest BCUT2D eigenvalue weighted by Gasteiger charge is -2.19. The van der Waals surface area contributed by atoms with Gasteiger partial charge in [-0.3, -0.25) is 4.79 Å². The second kappa shape index (κ2) is 8.77. The Balaban J connectivity index is 2.03. The van der Waals surface area contributed by atoms with E-state index in [-0.39, 0.29) is 34.4 Å². The Morgan fingerprint density at radius 2 is 1.71 bits per heavy atom. The first-order chi connectivity index (χ1) is 14.6. The van der Waals surface area contributed by atoms with E-state index >= 15 is 0 Å². The largest absolute Gasteiger partial charge is 0.504 e. The molecule has 0 aliphatic heterocycles. The number of ether oxygens (including phenoxy) is 1. The lowest BCUT2D eigenvalue weighted by atomic mass is 9.90. The van der Waals surface area contributed by atoms with E-state index < -0.39 is 35.7 Å². The number of carbonyl (C=O) groups excluding carboxylic acids is 1. The van der Waals surface area contributed by atoms with Gasteiger partial charge in [-0.1, -0.05) is 30.3 Å². The number of alkyl halides is 3. The van der Waals surface area contributed by atoms with Gasteiger partial charge >= 0.3 is 6.18 Å². The first-order valence-corrected chi connectivity index (χ1v) is 9.16. The van der Waals surface area contributed by atoms with Crippen molar-refractivity contribution in [3.63, 3.8) is 0 Å². The van der Waals surface area contributed by atoms with Crippen LogP contribution in [-0.4, -0.2) is 16.5 Å². The highest BCUT2D eigenvalue weighted by atomic mass is 19.4. The van der Waals surface area contributed by atoms with Crippen molar-refractivity contribution in [1.82, 2.24) is 0 Å². The average molecular weight is 434 g/mol. The minimum absolute atomic E-state index is 0.102. The Labute approximate surface area is 175 Å². The van der Waals surface area contributed by atoms with Gasteiger partial charge in [0.2, 0.25) is 0 Å². The zero-order chi connectivity index (χ0) is 22.8. The lowest BCUT2D eigenvalue weighted by Crippen LogP contribution is -2.10. The van der Waals surface area contributed by atoms with Gasteiger partial charge in [0, 0.05) is 11.1 Å². The van der Waals surface area contributed by atoms with E-state index in [2.05, 4.69) is 0 Å². The van der Waals surface area contributed by atoms with Crippen LogP contribution in [0.1, 0.15) is 32.6 Å². The molecule has 0 aliphatic rings. The summed E-state index contributed by atoms with van der Waals surface area (Å²) in [5.41, 5.74) is -0.381. The number of phenolic OH excluding ortho intramolecular Hbond substituents is 2. The van der Waals surface area contributed by atoms with Gasteiger partial charge in [0.05, 0.1) is 24.3 Å². The summed E-state index contributed by atoms with van der Waals surface area (Å²) >= 11 is 0. The van der Waals surface area contributed by atoms with Crippen molar-refractivity contribution in [3.05, 3.63) is 82.2 Å². The molecule has 4 nitrogen and oxygen atoms in total. The Kier molecular flexibility index (Phi) is 6.31. The van der Waals surface area contributed by atoms with Crippen LogP contribution < -0.4 is 0 Å². The van der Waals surface area contributed by atoms with Gasteiger partial charge < -0.3 is 14.9 Å². The summed E-state index contributed by atoms with van der Waals surface area (Å²) in [4.78, 5) is 11.6. The maximum absolute atomic E-state index is 13.8. The topological polar surface area (TPSA) is 66.8 Å². The maximum atomic E-state index is 13.8. The number of aromatic hydroxyl groups is 2. The minimum Gasteiger partial charge on any atom is -0.504 e. The standard InChI is InChI=1S/C23H18F4O4/c1-13-20(14-6-4-7-16(24)9-14)18(17(10-28)22(30)21(13)29)12-31-11-15-5-2-3-8-19(15)23(25,26)27/h2-10,29-30H,11-12H2,1H3. The minimum atomic E-state index is -4.56. The monoisotopic (exact) mass is 434 g/mol. The fraction of sp³-hybridized carbons (Fsp3) is 0.174. The molecule has 0 heterocycles. The molecule has 2 N–H and O–H groups in total. The van der Waals surface area contributed by atoms with Crippen LogP contribution in [0.2, 0.25) is 0 Å². The van der Waals surface area contributed by atoms with Gasteiger partial charge in [0.25, 0.3) is 0 Å². The molecule has 0 radical (unpaired) electrons. The van der Waals surface area contributed by atoms with Gasteiger partial charge in [0.15, 0.2) is 17.8 Å². The number of carbonyl (C=O) groups is 1. The van der Waals surface area contributed by atoms with E-state index in [1.165, 1.54) is 43.3 Å². The molecule has 0 aliphatic carbocycles. The highest BCUT2D eigenvalue weighted by Gasteiger charge is 2.33. The van der Waals surface area contributed by atoms with E-state index in [1.54, 1.807) is 6.07 Å². The van der Waals surface area contributed by atoms with Crippen LogP contribution in [0, 0.1) is 12.7 Å². The van der Waals surface area contributed by atoms with Crippen molar-refractivity contribution in [3.8, 4) is 22.6 Å². The fourth-order valence-electron chi connectivity index (χ4n) is 3.42. The van der Waals surface area contributed by atoms with Gasteiger partial charge in [0.1, 0.15) is 5.82 Å². The first-order valence-electron chi connectivity index (χ1n) is 9.16. The molecule has 31 heavy (non-hydrogen) atoms. The molecule has 0 spiro atoms. The highest BCUT2D eigenvalue weighted by Crippen LogP contribution is 2.43. The van der Waals surface area contributed by atoms with Crippen LogP contribution in [0.15, 0.2) is 48.5 Å². The third-order valence-electron chi connectivity index (χ3n) is 4.89. The molecule has 0 aromatic heterocycles. The van der Waals surface area contributed by atoms with E-state index in [4.69, 9.17) is 4.74 Å². The molecule has 3 aromatic carbocycles. The van der Waals surface area contributed by atoms with Crippen molar-refractivity contribution < 1.29 is 37.3 Å². The number of rotatable bonds is 6. The molecule has 0 amide bonds. The molecular formula is C23H18F4O4. The van der Waals surface area contributed by atoms with E-state index in [9.17, 15) is 32.6 Å². The lowest BCUT2D eigenvalue weighted by molar-refractivity contribution is -0.138. The van der Waals surface area contributed by atoms with Crippen LogP contribution in [-0.2, 0) is 24.1 Å². The molecular weight excluding hydrogens is 416 g/mol. The molecule has 0 fully saturated rings. The molecule has 3 rings (SSSR count). The summed E-state index contributed by atoms with van der Waals surface area (Å²) in [6.45, 7) is 0.685. The second-order valence-corrected chi connectivity index (χ2v) is 6.87. The third kappa shape index (κ3) is 4.54. The van der Waals surface area contributed by atoms with E-state index in [0.717, 1.165) is 6.07 Å². The van der Waals surface area contributed by atoms with Crippen molar-refractivity contribution in [2.75, 3.05) is 0 Å². The molecule has 0 atom stereocenters. The Morgan fingerprint density at radius 3 is 2.35 bits per heavy atom. The second-order valence-electron chi connectivity index (χ2n) is 6.87. The summed E-state index contributed by atoms with van der Waals surface area (Å²) in [6, 6.07) is 10.3. The van der Waals surface area contributed by atoms with Gasteiger partial charge in [-0.2, -0.15) is 13.2 Å². The summed E-state index contributed by atoms with van der Waals surface area (Å²) in [5, 5.41) is 20.4. The van der Waals surface area contributed by atoms with Crippen LogP contribution in [0.4, 0.5) is 17.6 Å². The molecule has 162 valence electrons. The molecule has 0 bridgehead atoms. The van der Waals surface area contributed by atoms with Crippen LogP contribution in [0.25, 0.3) is 11.1 Å². The summed E-state index contributed by atoms with van der Waals surface area (Å²) < 4.78 is 58.8. The third-order valence-corrected chi connectivity index (χ3v) is 4.89. The van der Waals surface area contributed by atoms with Crippen molar-refractivity contribution in [2.45, 2.75) is 26.3 Å². The van der Waals surface area contributed by atoms with E-state index in [0.29, 0.717) is 11.8 Å². The predicted molar refractivity (Wildman–Crippen MR) is 105 cm³/mol. The zero-order valence-corrected chi connectivity index (χ0v) is 16.3. The molecule has 0 saturated heterocycles. The van der Waals surface area contributed by atoms with Gasteiger partial charge in [-0.15, -0.1) is 0 Å². The zero-order valence-electron chi connectivity index (χ0n) is 16.3. The predicted octanol–water partition coefficient (Wildman–Crippen LogP) is 5.76.